The van der Waals surface area contributed by atoms with Gasteiger partial charge in [-0.25, -0.2) is 6.07 Å². The summed E-state index contributed by atoms with van der Waals surface area (Å²) in [5, 5.41) is 0. The van der Waals surface area contributed by atoms with Crippen molar-refractivity contribution in [2.75, 3.05) is 0 Å². The Kier molecular flexibility index (Phi) is 4.11. The van der Waals surface area contributed by atoms with E-state index >= 15 is 0 Å². The minimum absolute atomic E-state index is 0. The van der Waals surface area contributed by atoms with Gasteiger partial charge < -0.3 is 17.1 Å². The predicted octanol–water partition coefficient (Wildman–Crippen LogP) is 1.52. The quantitative estimate of drug-likeness (QED) is 0.598. The van der Waals surface area contributed by atoms with Gasteiger partial charge in [0.1, 0.15) is 0 Å². The fourth-order valence-corrected chi connectivity index (χ4v) is 0.333. The first kappa shape index (κ1) is 8.12. The normalized spacial score (nSPS) is 7.50. The molecule has 0 bridgehead atoms. The monoisotopic (exact) mass is 181 g/mol. The van der Waals surface area contributed by atoms with Crippen LogP contribution in [-0.2, 0) is 32.7 Å². The SMILES string of the molecule is [CH-]=Cc1[c-]occ1.[Y]. The van der Waals surface area contributed by atoms with Crippen molar-refractivity contribution in [3.8, 4) is 0 Å². The molecule has 8 heavy (non-hydrogen) atoms. The molecule has 1 nitrogen and oxygen atoms in total. The number of furan rings is 1. The molecular formula is C6H4OY-2. The fourth-order valence-electron chi connectivity index (χ4n) is 0.333. The molecule has 0 unspecified atom stereocenters. The van der Waals surface area contributed by atoms with Crippen molar-refractivity contribution in [1.29, 1.82) is 0 Å². The minimum Gasteiger partial charge on any atom is -0.587 e. The Balaban J connectivity index is 0.000000490. The van der Waals surface area contributed by atoms with Crippen molar-refractivity contribution in [3.05, 3.63) is 30.7 Å². The molecule has 1 aromatic rings. The van der Waals surface area contributed by atoms with Gasteiger partial charge in [-0.2, -0.15) is 0 Å². The first-order chi connectivity index (χ1) is 3.43. The molecule has 1 heterocycles. The van der Waals surface area contributed by atoms with Crippen molar-refractivity contribution in [2.24, 2.45) is 0 Å². The molecule has 0 aromatic carbocycles. The van der Waals surface area contributed by atoms with Crippen LogP contribution in [0.5, 0.6) is 0 Å². The van der Waals surface area contributed by atoms with Crippen molar-refractivity contribution in [3.63, 3.8) is 0 Å². The van der Waals surface area contributed by atoms with E-state index in [0.717, 1.165) is 5.56 Å². The van der Waals surface area contributed by atoms with Gasteiger partial charge in [-0.05, 0) is 6.26 Å². The molecule has 0 aliphatic carbocycles. The predicted molar refractivity (Wildman–Crippen MR) is 26.3 cm³/mol. The summed E-state index contributed by atoms with van der Waals surface area (Å²) in [5.41, 5.74) is 0.792. The Hall–Kier alpha value is 0.124. The van der Waals surface area contributed by atoms with E-state index in [1.165, 1.54) is 12.3 Å². The average Bonchev–Trinajstić information content (AvgIpc) is 2.14. The van der Waals surface area contributed by atoms with E-state index in [1.807, 2.05) is 0 Å². The standard InChI is InChI=1S/C6H4O.Y/c1-2-6-3-4-7-5-6;/h1-4H;/q-2;. The number of rotatable bonds is 1. The van der Waals surface area contributed by atoms with Crippen molar-refractivity contribution in [1.82, 2.24) is 0 Å². The Labute approximate surface area is 73.6 Å². The molecule has 1 rings (SSSR count). The van der Waals surface area contributed by atoms with E-state index in [4.69, 9.17) is 6.58 Å². The summed E-state index contributed by atoms with van der Waals surface area (Å²) in [7, 11) is 0. The van der Waals surface area contributed by atoms with E-state index in [0.29, 0.717) is 0 Å². The van der Waals surface area contributed by atoms with E-state index in [-0.39, 0.29) is 32.7 Å². The first-order valence-electron chi connectivity index (χ1n) is 1.93. The summed E-state index contributed by atoms with van der Waals surface area (Å²) in [4.78, 5) is 0. The van der Waals surface area contributed by atoms with Gasteiger partial charge in [-0.1, -0.05) is 6.26 Å². The molecule has 1 aromatic heterocycles. The van der Waals surface area contributed by atoms with E-state index in [1.54, 1.807) is 6.07 Å². The van der Waals surface area contributed by atoms with Crippen molar-refractivity contribution in [2.45, 2.75) is 0 Å². The second-order valence-corrected chi connectivity index (χ2v) is 1.14. The second kappa shape index (κ2) is 4.05. The van der Waals surface area contributed by atoms with Crippen LogP contribution in [0.3, 0.4) is 0 Å². The summed E-state index contributed by atoms with van der Waals surface area (Å²) in [5.74, 6) is 0. The maximum absolute atomic E-state index is 5.08. The maximum Gasteiger partial charge on any atom is 0 e. The van der Waals surface area contributed by atoms with E-state index in [9.17, 15) is 0 Å². The number of hydrogen-bond acceptors (Lipinski definition) is 1. The Morgan fingerprint density at radius 1 is 1.75 bits per heavy atom. The average molecular weight is 181 g/mol. The summed E-state index contributed by atoms with van der Waals surface area (Å²) in [6.07, 6.45) is 5.49. The molecular weight excluding hydrogens is 177 g/mol. The van der Waals surface area contributed by atoms with Gasteiger partial charge in [0.2, 0.25) is 0 Å². The topological polar surface area (TPSA) is 13.1 Å². The van der Waals surface area contributed by atoms with Crippen LogP contribution in [0.4, 0.5) is 0 Å². The second-order valence-electron chi connectivity index (χ2n) is 1.14. The Morgan fingerprint density at radius 3 is 2.75 bits per heavy atom. The third-order valence-corrected chi connectivity index (χ3v) is 0.672. The van der Waals surface area contributed by atoms with Crippen LogP contribution >= 0.6 is 0 Å². The van der Waals surface area contributed by atoms with Gasteiger partial charge in [0.05, 0.1) is 0 Å². The molecule has 0 saturated carbocycles. The Morgan fingerprint density at radius 2 is 2.50 bits per heavy atom. The fraction of sp³-hybridized carbons (Fsp3) is 0. The van der Waals surface area contributed by atoms with Crippen LogP contribution < -0.4 is 0 Å². The molecule has 0 fully saturated rings. The minimum atomic E-state index is 0. The van der Waals surface area contributed by atoms with Crippen LogP contribution in [0.1, 0.15) is 5.56 Å². The zero-order chi connectivity index (χ0) is 5.11. The van der Waals surface area contributed by atoms with Crippen LogP contribution in [0.15, 0.2) is 16.7 Å². The summed E-state index contributed by atoms with van der Waals surface area (Å²) in [6, 6.07) is 1.74. The van der Waals surface area contributed by atoms with Gasteiger partial charge in [-0.3, -0.25) is 5.56 Å². The van der Waals surface area contributed by atoms with Crippen molar-refractivity contribution >= 4 is 6.08 Å². The maximum atomic E-state index is 5.08. The molecule has 0 N–H and O–H groups in total. The largest absolute Gasteiger partial charge is 0.587 e. The molecule has 0 aliphatic heterocycles. The van der Waals surface area contributed by atoms with Gasteiger partial charge in [0, 0.05) is 32.7 Å². The van der Waals surface area contributed by atoms with Crippen LogP contribution in [-0.4, -0.2) is 0 Å². The third-order valence-electron chi connectivity index (χ3n) is 0.672. The first-order valence-corrected chi connectivity index (χ1v) is 1.93. The van der Waals surface area contributed by atoms with Gasteiger partial charge >= 0.3 is 0 Å². The number of hydrogen-bond donors (Lipinski definition) is 0. The zero-order valence-corrected chi connectivity index (χ0v) is 7.13. The van der Waals surface area contributed by atoms with Gasteiger partial charge in [-0.15, -0.1) is 0 Å². The van der Waals surface area contributed by atoms with E-state index < -0.39 is 0 Å². The van der Waals surface area contributed by atoms with Crippen LogP contribution in [0.2, 0.25) is 0 Å². The third kappa shape index (κ3) is 1.93. The van der Waals surface area contributed by atoms with Crippen LogP contribution in [0.25, 0.3) is 6.08 Å². The molecule has 0 atom stereocenters. The summed E-state index contributed by atoms with van der Waals surface area (Å²) < 4.78 is 4.57. The molecule has 0 spiro atoms. The zero-order valence-electron chi connectivity index (χ0n) is 4.29. The molecule has 1 radical (unpaired) electrons. The molecule has 0 aliphatic rings. The van der Waals surface area contributed by atoms with Crippen LogP contribution in [0, 0.1) is 12.8 Å². The molecule has 0 amide bonds. The summed E-state index contributed by atoms with van der Waals surface area (Å²) in [6.45, 7) is 5.08. The molecule has 0 saturated heterocycles. The van der Waals surface area contributed by atoms with Gasteiger partial charge in [0.15, 0.2) is 0 Å². The van der Waals surface area contributed by atoms with E-state index in [2.05, 4.69) is 10.7 Å². The molecule has 2 heteroatoms. The summed E-state index contributed by atoms with van der Waals surface area (Å²) >= 11 is 0. The van der Waals surface area contributed by atoms with Gasteiger partial charge in [0.25, 0.3) is 0 Å². The molecule has 39 valence electrons. The smallest absolute Gasteiger partial charge is 0 e. The Bertz CT molecular complexity index is 144. The van der Waals surface area contributed by atoms with Crippen molar-refractivity contribution < 1.29 is 37.1 Å².